The van der Waals surface area contributed by atoms with Gasteiger partial charge in [-0.1, -0.05) is 49.4 Å². The molecule has 2 unspecified atom stereocenters. The van der Waals surface area contributed by atoms with Gasteiger partial charge in [0.15, 0.2) is 0 Å². The van der Waals surface area contributed by atoms with Gasteiger partial charge in [-0.15, -0.1) is 0 Å². The van der Waals surface area contributed by atoms with E-state index < -0.39 is 6.10 Å². The Bertz CT molecular complexity index is 593. The highest BCUT2D eigenvalue weighted by molar-refractivity contribution is 5.54. The fourth-order valence-electron chi connectivity index (χ4n) is 3.06. The van der Waals surface area contributed by atoms with Crippen molar-refractivity contribution < 1.29 is 5.11 Å². The number of rotatable bonds is 3. The molecule has 2 heteroatoms. The Morgan fingerprint density at radius 3 is 2.75 bits per heavy atom. The van der Waals surface area contributed by atoms with Gasteiger partial charge in [-0.2, -0.15) is 0 Å². The third kappa shape index (κ3) is 2.44. The summed E-state index contributed by atoms with van der Waals surface area (Å²) in [6.07, 6.45) is 2.51. The Labute approximate surface area is 120 Å². The zero-order valence-corrected chi connectivity index (χ0v) is 11.8. The molecule has 0 aliphatic carbocycles. The van der Waals surface area contributed by atoms with Gasteiger partial charge >= 0.3 is 0 Å². The molecule has 2 aromatic rings. The summed E-state index contributed by atoms with van der Waals surface area (Å²) in [5.74, 6) is 0. The number of fused-ring (bicyclic) bond motifs is 1. The van der Waals surface area contributed by atoms with Crippen LogP contribution in [0.2, 0.25) is 0 Å². The molecule has 0 amide bonds. The first kappa shape index (κ1) is 13.2. The predicted molar refractivity (Wildman–Crippen MR) is 83.0 cm³/mol. The number of hydrogen-bond donors (Lipinski definition) is 2. The maximum atomic E-state index is 10.7. The third-order valence-corrected chi connectivity index (χ3v) is 4.22. The van der Waals surface area contributed by atoms with Crippen molar-refractivity contribution in [2.75, 3.05) is 5.32 Å². The van der Waals surface area contributed by atoms with Gasteiger partial charge in [0, 0.05) is 5.69 Å². The predicted octanol–water partition coefficient (Wildman–Crippen LogP) is 3.71. The minimum Gasteiger partial charge on any atom is -0.386 e. The van der Waals surface area contributed by atoms with Crippen LogP contribution >= 0.6 is 0 Å². The van der Waals surface area contributed by atoms with Crippen molar-refractivity contribution in [3.05, 3.63) is 65.2 Å². The van der Waals surface area contributed by atoms with E-state index in [1.165, 1.54) is 11.1 Å². The second kappa shape index (κ2) is 5.68. The van der Waals surface area contributed by atoms with E-state index in [1.54, 1.807) is 0 Å². The molecule has 0 radical (unpaired) electrons. The molecule has 0 fully saturated rings. The smallest absolute Gasteiger partial charge is 0.0993 e. The molecule has 3 rings (SSSR count). The molecule has 0 saturated carbocycles. The highest BCUT2D eigenvalue weighted by Crippen LogP contribution is 2.31. The van der Waals surface area contributed by atoms with Crippen LogP contribution in [0.3, 0.4) is 0 Å². The SMILES string of the molecule is CCc1ccccc1C(O)C1CCc2ccccc2N1. The van der Waals surface area contributed by atoms with E-state index in [0.29, 0.717) is 0 Å². The lowest BCUT2D eigenvalue weighted by Gasteiger charge is -2.31. The Morgan fingerprint density at radius 2 is 1.90 bits per heavy atom. The monoisotopic (exact) mass is 267 g/mol. The summed E-state index contributed by atoms with van der Waals surface area (Å²) in [4.78, 5) is 0. The summed E-state index contributed by atoms with van der Waals surface area (Å²) in [5, 5.41) is 14.2. The maximum absolute atomic E-state index is 10.7. The van der Waals surface area contributed by atoms with Gasteiger partial charge in [-0.3, -0.25) is 0 Å². The van der Waals surface area contributed by atoms with Crippen LogP contribution in [0.4, 0.5) is 5.69 Å². The standard InChI is InChI=1S/C18H21NO/c1-2-13-7-3-5-9-15(13)18(20)17-12-11-14-8-4-6-10-16(14)19-17/h3-10,17-20H,2,11-12H2,1H3. The average Bonchev–Trinajstić information content (AvgIpc) is 2.53. The number of nitrogens with one attached hydrogen (secondary N) is 1. The van der Waals surface area contributed by atoms with E-state index in [1.807, 2.05) is 24.3 Å². The fraction of sp³-hybridized carbons (Fsp3) is 0.333. The Balaban J connectivity index is 1.84. The average molecular weight is 267 g/mol. The second-order valence-corrected chi connectivity index (χ2v) is 5.44. The van der Waals surface area contributed by atoms with Crippen molar-refractivity contribution in [3.8, 4) is 0 Å². The summed E-state index contributed by atoms with van der Waals surface area (Å²) < 4.78 is 0. The first-order chi connectivity index (χ1) is 9.79. The van der Waals surface area contributed by atoms with Crippen LogP contribution in [-0.2, 0) is 12.8 Å². The lowest BCUT2D eigenvalue weighted by molar-refractivity contribution is 0.148. The number of benzene rings is 2. The van der Waals surface area contributed by atoms with Gasteiger partial charge in [0.25, 0.3) is 0 Å². The molecule has 2 N–H and O–H groups in total. The van der Waals surface area contributed by atoms with E-state index >= 15 is 0 Å². The summed E-state index contributed by atoms with van der Waals surface area (Å²) in [6, 6.07) is 16.7. The molecule has 0 bridgehead atoms. The van der Waals surface area contributed by atoms with E-state index in [2.05, 4.69) is 36.5 Å². The number of aryl methyl sites for hydroxylation is 2. The fourth-order valence-corrected chi connectivity index (χ4v) is 3.06. The number of hydrogen-bond acceptors (Lipinski definition) is 2. The van der Waals surface area contributed by atoms with Crippen LogP contribution in [0.15, 0.2) is 48.5 Å². The minimum absolute atomic E-state index is 0.0950. The van der Waals surface area contributed by atoms with Crippen molar-refractivity contribution in [2.45, 2.75) is 38.3 Å². The normalized spacial score (nSPS) is 19.0. The van der Waals surface area contributed by atoms with Crippen LogP contribution in [-0.4, -0.2) is 11.1 Å². The zero-order chi connectivity index (χ0) is 13.9. The van der Waals surface area contributed by atoms with E-state index in [-0.39, 0.29) is 6.04 Å². The number of para-hydroxylation sites is 1. The minimum atomic E-state index is -0.445. The van der Waals surface area contributed by atoms with Crippen LogP contribution in [0.1, 0.15) is 36.1 Å². The molecule has 0 spiro atoms. The van der Waals surface area contributed by atoms with Crippen LogP contribution in [0.5, 0.6) is 0 Å². The molecular weight excluding hydrogens is 246 g/mol. The lowest BCUT2D eigenvalue weighted by Crippen LogP contribution is -2.32. The van der Waals surface area contributed by atoms with Gasteiger partial charge in [0.1, 0.15) is 0 Å². The molecule has 0 aromatic heterocycles. The quantitative estimate of drug-likeness (QED) is 0.888. The maximum Gasteiger partial charge on any atom is 0.0993 e. The Morgan fingerprint density at radius 1 is 1.15 bits per heavy atom. The third-order valence-electron chi connectivity index (χ3n) is 4.22. The van der Waals surface area contributed by atoms with Crippen LogP contribution in [0.25, 0.3) is 0 Å². The highest BCUT2D eigenvalue weighted by Gasteiger charge is 2.26. The molecule has 2 atom stereocenters. The van der Waals surface area contributed by atoms with Crippen LogP contribution < -0.4 is 5.32 Å². The molecule has 1 aliphatic heterocycles. The molecule has 1 heterocycles. The lowest BCUT2D eigenvalue weighted by atomic mass is 9.89. The summed E-state index contributed by atoms with van der Waals surface area (Å²) in [7, 11) is 0. The zero-order valence-electron chi connectivity index (χ0n) is 11.8. The molecule has 2 nitrogen and oxygen atoms in total. The number of aliphatic hydroxyl groups excluding tert-OH is 1. The van der Waals surface area contributed by atoms with Gasteiger partial charge in [0.2, 0.25) is 0 Å². The molecule has 20 heavy (non-hydrogen) atoms. The Kier molecular flexibility index (Phi) is 3.75. The van der Waals surface area contributed by atoms with Gasteiger partial charge < -0.3 is 10.4 Å². The van der Waals surface area contributed by atoms with Gasteiger partial charge in [0.05, 0.1) is 12.1 Å². The second-order valence-electron chi connectivity index (χ2n) is 5.44. The molecule has 1 aliphatic rings. The van der Waals surface area contributed by atoms with Crippen LogP contribution in [0, 0.1) is 0 Å². The summed E-state index contributed by atoms with van der Waals surface area (Å²) in [6.45, 7) is 2.13. The largest absolute Gasteiger partial charge is 0.386 e. The van der Waals surface area contributed by atoms with E-state index in [4.69, 9.17) is 0 Å². The van der Waals surface area contributed by atoms with E-state index in [0.717, 1.165) is 30.5 Å². The van der Waals surface area contributed by atoms with Gasteiger partial charge in [-0.05, 0) is 42.0 Å². The number of anilines is 1. The van der Waals surface area contributed by atoms with Crippen molar-refractivity contribution in [1.29, 1.82) is 0 Å². The molecule has 104 valence electrons. The van der Waals surface area contributed by atoms with Crippen molar-refractivity contribution in [2.24, 2.45) is 0 Å². The van der Waals surface area contributed by atoms with Crippen molar-refractivity contribution in [1.82, 2.24) is 0 Å². The highest BCUT2D eigenvalue weighted by atomic mass is 16.3. The van der Waals surface area contributed by atoms with Crippen molar-refractivity contribution in [3.63, 3.8) is 0 Å². The summed E-state index contributed by atoms with van der Waals surface area (Å²) in [5.41, 5.74) is 4.81. The summed E-state index contributed by atoms with van der Waals surface area (Å²) >= 11 is 0. The first-order valence-corrected chi connectivity index (χ1v) is 7.40. The number of aliphatic hydroxyl groups is 1. The first-order valence-electron chi connectivity index (χ1n) is 7.40. The molecular formula is C18H21NO. The van der Waals surface area contributed by atoms with E-state index in [9.17, 15) is 5.11 Å². The van der Waals surface area contributed by atoms with Crippen molar-refractivity contribution >= 4 is 5.69 Å². The molecule has 0 saturated heterocycles. The molecule has 2 aromatic carbocycles. The Hall–Kier alpha value is -1.80. The van der Waals surface area contributed by atoms with Gasteiger partial charge in [-0.25, -0.2) is 0 Å². The topological polar surface area (TPSA) is 32.3 Å².